The molecular formula is C14H25NO9. The van der Waals surface area contributed by atoms with Crippen LogP contribution in [0, 0.1) is 0 Å². The SMILES string of the molecule is C[C@@H](NC(=O)OC(C)(C)C)C(=O)OC[C@@H]1O[C@@H](O)[C@H](O)[C@@H](O)[C@@H]1O. The van der Waals surface area contributed by atoms with E-state index < -0.39 is 61.0 Å². The van der Waals surface area contributed by atoms with Crippen molar-refractivity contribution in [3.05, 3.63) is 0 Å². The number of carbonyl (C=O) groups is 2. The highest BCUT2D eigenvalue weighted by molar-refractivity contribution is 5.81. The molecule has 0 aromatic heterocycles. The van der Waals surface area contributed by atoms with Crippen LogP contribution < -0.4 is 5.32 Å². The van der Waals surface area contributed by atoms with Gasteiger partial charge >= 0.3 is 12.1 Å². The topological polar surface area (TPSA) is 155 Å². The van der Waals surface area contributed by atoms with Crippen LogP contribution >= 0.6 is 0 Å². The molecule has 1 aliphatic heterocycles. The third-order valence-corrected chi connectivity index (χ3v) is 3.16. The Morgan fingerprint density at radius 2 is 1.71 bits per heavy atom. The van der Waals surface area contributed by atoms with E-state index in [4.69, 9.17) is 14.2 Å². The fraction of sp³-hybridized carbons (Fsp3) is 0.857. The van der Waals surface area contributed by atoms with Crippen LogP contribution in [0.15, 0.2) is 0 Å². The molecule has 10 nitrogen and oxygen atoms in total. The predicted molar refractivity (Wildman–Crippen MR) is 78.7 cm³/mol. The molecular weight excluding hydrogens is 326 g/mol. The lowest BCUT2D eigenvalue weighted by atomic mass is 9.99. The molecule has 1 fully saturated rings. The zero-order valence-corrected chi connectivity index (χ0v) is 14.0. The number of amides is 1. The van der Waals surface area contributed by atoms with Gasteiger partial charge in [-0.05, 0) is 27.7 Å². The highest BCUT2D eigenvalue weighted by atomic mass is 16.7. The van der Waals surface area contributed by atoms with E-state index in [9.17, 15) is 30.0 Å². The number of ether oxygens (including phenoxy) is 3. The first kappa shape index (κ1) is 20.6. The van der Waals surface area contributed by atoms with Gasteiger partial charge < -0.3 is 40.0 Å². The highest BCUT2D eigenvalue weighted by Gasteiger charge is 2.43. The standard InChI is InChI=1S/C14H25NO9/c1-6(15-13(21)24-14(2,3)4)11(19)22-5-7-8(16)9(17)10(18)12(20)23-7/h6-10,12,16-18,20H,5H2,1-4H3,(H,15,21)/t6-,7+,8-,9+,10-,12-/m1/s1. The fourth-order valence-corrected chi connectivity index (χ4v) is 1.90. The largest absolute Gasteiger partial charge is 0.461 e. The van der Waals surface area contributed by atoms with E-state index in [1.54, 1.807) is 20.8 Å². The lowest BCUT2D eigenvalue weighted by Gasteiger charge is -2.38. The van der Waals surface area contributed by atoms with E-state index in [1.807, 2.05) is 0 Å². The van der Waals surface area contributed by atoms with Crippen molar-refractivity contribution in [2.45, 2.75) is 70.0 Å². The van der Waals surface area contributed by atoms with Crippen LogP contribution in [0.3, 0.4) is 0 Å². The molecule has 0 aromatic carbocycles. The first-order valence-electron chi connectivity index (χ1n) is 7.46. The first-order chi connectivity index (χ1) is 10.9. The lowest BCUT2D eigenvalue weighted by Crippen LogP contribution is -2.58. The van der Waals surface area contributed by atoms with Crippen molar-refractivity contribution in [1.29, 1.82) is 0 Å². The molecule has 140 valence electrons. The Bertz CT molecular complexity index is 450. The molecule has 6 atom stereocenters. The third kappa shape index (κ3) is 5.87. The Morgan fingerprint density at radius 1 is 1.12 bits per heavy atom. The average Bonchev–Trinajstić information content (AvgIpc) is 2.44. The first-order valence-corrected chi connectivity index (χ1v) is 7.46. The van der Waals surface area contributed by atoms with Gasteiger partial charge in [-0.25, -0.2) is 9.59 Å². The zero-order valence-electron chi connectivity index (χ0n) is 14.0. The van der Waals surface area contributed by atoms with E-state index in [0.717, 1.165) is 0 Å². The summed E-state index contributed by atoms with van der Waals surface area (Å²) in [5, 5.41) is 40.3. The maximum atomic E-state index is 11.8. The molecule has 0 radical (unpaired) electrons. The van der Waals surface area contributed by atoms with E-state index in [0.29, 0.717) is 0 Å². The van der Waals surface area contributed by atoms with Crippen molar-refractivity contribution < 1.29 is 44.2 Å². The van der Waals surface area contributed by atoms with Crippen molar-refractivity contribution in [3.8, 4) is 0 Å². The van der Waals surface area contributed by atoms with Crippen LogP contribution in [-0.2, 0) is 19.0 Å². The van der Waals surface area contributed by atoms with Gasteiger partial charge in [-0.15, -0.1) is 0 Å². The van der Waals surface area contributed by atoms with Gasteiger partial charge in [0.15, 0.2) is 6.29 Å². The summed E-state index contributed by atoms with van der Waals surface area (Å²) < 4.78 is 14.7. The van der Waals surface area contributed by atoms with Crippen LogP contribution in [0.1, 0.15) is 27.7 Å². The Morgan fingerprint density at radius 3 is 2.25 bits per heavy atom. The minimum atomic E-state index is -1.72. The van der Waals surface area contributed by atoms with Gasteiger partial charge in [-0.1, -0.05) is 0 Å². The van der Waals surface area contributed by atoms with E-state index in [1.165, 1.54) is 6.92 Å². The molecule has 0 aromatic rings. The van der Waals surface area contributed by atoms with Crippen molar-refractivity contribution in [1.82, 2.24) is 5.32 Å². The summed E-state index contributed by atoms with van der Waals surface area (Å²) in [5.74, 6) is -0.827. The number of aliphatic hydroxyl groups excluding tert-OH is 4. The Kier molecular flexibility index (Phi) is 6.93. The van der Waals surface area contributed by atoms with Gasteiger partial charge in [0.2, 0.25) is 0 Å². The number of nitrogens with one attached hydrogen (secondary N) is 1. The van der Waals surface area contributed by atoms with E-state index >= 15 is 0 Å². The number of esters is 1. The maximum absolute atomic E-state index is 11.8. The van der Waals surface area contributed by atoms with Gasteiger partial charge in [0, 0.05) is 0 Å². The van der Waals surface area contributed by atoms with Gasteiger partial charge in [-0.3, -0.25) is 0 Å². The molecule has 0 spiro atoms. The number of aliphatic hydroxyl groups is 4. The van der Waals surface area contributed by atoms with Gasteiger partial charge in [0.25, 0.3) is 0 Å². The maximum Gasteiger partial charge on any atom is 0.408 e. The number of hydrogen-bond acceptors (Lipinski definition) is 9. The molecule has 0 unspecified atom stereocenters. The van der Waals surface area contributed by atoms with E-state index in [-0.39, 0.29) is 0 Å². The molecule has 1 aliphatic rings. The number of rotatable bonds is 4. The number of alkyl carbamates (subject to hydrolysis) is 1. The summed E-state index contributed by atoms with van der Waals surface area (Å²) in [6.07, 6.45) is -8.60. The van der Waals surface area contributed by atoms with Crippen molar-refractivity contribution in [2.75, 3.05) is 6.61 Å². The third-order valence-electron chi connectivity index (χ3n) is 3.16. The molecule has 10 heteroatoms. The molecule has 0 saturated carbocycles. The average molecular weight is 351 g/mol. The molecule has 1 saturated heterocycles. The molecule has 0 bridgehead atoms. The second kappa shape index (κ2) is 8.08. The van der Waals surface area contributed by atoms with Crippen LogP contribution in [-0.4, -0.2) is 81.4 Å². The fourth-order valence-electron chi connectivity index (χ4n) is 1.90. The summed E-state index contributed by atoms with van der Waals surface area (Å²) in [5.41, 5.74) is -0.721. The molecule has 5 N–H and O–H groups in total. The zero-order chi connectivity index (χ0) is 18.7. The smallest absolute Gasteiger partial charge is 0.408 e. The van der Waals surface area contributed by atoms with Crippen LogP contribution in [0.4, 0.5) is 4.79 Å². The predicted octanol–water partition coefficient (Wildman–Crippen LogP) is -1.76. The van der Waals surface area contributed by atoms with Crippen LogP contribution in [0.25, 0.3) is 0 Å². The van der Waals surface area contributed by atoms with Crippen LogP contribution in [0.2, 0.25) is 0 Å². The minimum absolute atomic E-state index is 0.485. The molecule has 0 aliphatic carbocycles. The van der Waals surface area contributed by atoms with Gasteiger partial charge in [-0.2, -0.15) is 0 Å². The lowest BCUT2D eigenvalue weighted by molar-refractivity contribution is -0.287. The van der Waals surface area contributed by atoms with Crippen molar-refractivity contribution in [3.63, 3.8) is 0 Å². The molecule has 1 rings (SSSR count). The highest BCUT2D eigenvalue weighted by Crippen LogP contribution is 2.20. The van der Waals surface area contributed by atoms with Crippen molar-refractivity contribution in [2.24, 2.45) is 0 Å². The van der Waals surface area contributed by atoms with Gasteiger partial charge in [0.1, 0.15) is 42.7 Å². The van der Waals surface area contributed by atoms with E-state index in [2.05, 4.69) is 5.32 Å². The second-order valence-electron chi connectivity index (χ2n) is 6.53. The number of carbonyl (C=O) groups excluding carboxylic acids is 2. The summed E-state index contributed by atoms with van der Waals surface area (Å²) in [6, 6.07) is -1.03. The molecule has 1 amide bonds. The van der Waals surface area contributed by atoms with Crippen molar-refractivity contribution >= 4 is 12.1 Å². The summed E-state index contributed by atoms with van der Waals surface area (Å²) >= 11 is 0. The minimum Gasteiger partial charge on any atom is -0.461 e. The summed E-state index contributed by atoms with van der Waals surface area (Å²) in [7, 11) is 0. The molecule has 24 heavy (non-hydrogen) atoms. The summed E-state index contributed by atoms with van der Waals surface area (Å²) in [4.78, 5) is 23.4. The Hall–Kier alpha value is -1.46. The quantitative estimate of drug-likeness (QED) is 0.370. The van der Waals surface area contributed by atoms with Gasteiger partial charge in [0.05, 0.1) is 0 Å². The monoisotopic (exact) mass is 351 g/mol. The number of hydrogen-bond donors (Lipinski definition) is 5. The Labute approximate surface area is 139 Å². The molecule has 1 heterocycles. The van der Waals surface area contributed by atoms with Crippen LogP contribution in [0.5, 0.6) is 0 Å². The Balaban J connectivity index is 2.46. The normalized spacial score (nSPS) is 31.9. The summed E-state index contributed by atoms with van der Waals surface area (Å²) in [6.45, 7) is 5.90. The second-order valence-corrected chi connectivity index (χ2v) is 6.53.